The van der Waals surface area contributed by atoms with Gasteiger partial charge in [0.25, 0.3) is 0 Å². The molecular formula is C13H15BrClN3. The quantitative estimate of drug-likeness (QED) is 0.930. The van der Waals surface area contributed by atoms with Crippen molar-refractivity contribution in [1.82, 2.24) is 14.9 Å². The Morgan fingerprint density at radius 3 is 2.89 bits per heavy atom. The van der Waals surface area contributed by atoms with Gasteiger partial charge in [-0.05, 0) is 34.1 Å². The molecule has 0 bridgehead atoms. The molecule has 2 rings (SSSR count). The molecule has 0 aliphatic carbocycles. The normalized spacial score (nSPS) is 12.7. The van der Waals surface area contributed by atoms with Crippen LogP contribution in [-0.4, -0.2) is 16.1 Å². The fourth-order valence-electron chi connectivity index (χ4n) is 1.94. The summed E-state index contributed by atoms with van der Waals surface area (Å²) in [5.41, 5.74) is 1.03. The maximum atomic E-state index is 6.37. The third kappa shape index (κ3) is 2.60. The molecule has 0 saturated carbocycles. The van der Waals surface area contributed by atoms with Crippen molar-refractivity contribution in [3.63, 3.8) is 0 Å². The largest absolute Gasteiger partial charge is 0.336 e. The molecule has 1 aromatic heterocycles. The second-order valence-corrected chi connectivity index (χ2v) is 5.26. The summed E-state index contributed by atoms with van der Waals surface area (Å²) in [7, 11) is 1.98. The highest BCUT2D eigenvalue weighted by molar-refractivity contribution is 9.10. The highest BCUT2D eigenvalue weighted by atomic mass is 79.9. The second kappa shape index (κ2) is 5.87. The van der Waals surface area contributed by atoms with Crippen LogP contribution in [0.25, 0.3) is 0 Å². The number of nitrogens with zero attached hydrogens (tertiary/aromatic N) is 2. The Bertz CT molecular complexity index is 539. The van der Waals surface area contributed by atoms with Crippen molar-refractivity contribution in [2.24, 2.45) is 7.05 Å². The minimum absolute atomic E-state index is 0.000000000000000444. The number of imidazole rings is 1. The van der Waals surface area contributed by atoms with E-state index in [1.54, 1.807) is 6.20 Å². The van der Waals surface area contributed by atoms with Gasteiger partial charge < -0.3 is 9.88 Å². The predicted octanol–water partition coefficient (Wildman–Crippen LogP) is 3.53. The molecule has 0 spiro atoms. The van der Waals surface area contributed by atoms with E-state index in [1.165, 1.54) is 0 Å². The first-order valence-corrected chi connectivity index (χ1v) is 6.96. The highest BCUT2D eigenvalue weighted by Crippen LogP contribution is 2.32. The molecule has 0 fully saturated rings. The molecule has 1 atom stereocenters. The first-order chi connectivity index (χ1) is 8.65. The van der Waals surface area contributed by atoms with Gasteiger partial charge in [0.15, 0.2) is 0 Å². The van der Waals surface area contributed by atoms with E-state index in [2.05, 4.69) is 33.2 Å². The summed E-state index contributed by atoms with van der Waals surface area (Å²) in [6.45, 7) is 2.92. The molecule has 0 saturated heterocycles. The summed E-state index contributed by atoms with van der Waals surface area (Å²) in [6, 6.07) is 5.95. The van der Waals surface area contributed by atoms with E-state index in [4.69, 9.17) is 11.6 Å². The van der Waals surface area contributed by atoms with E-state index in [0.717, 1.165) is 27.4 Å². The molecular weight excluding hydrogens is 314 g/mol. The number of rotatable bonds is 4. The van der Waals surface area contributed by atoms with Gasteiger partial charge in [0.05, 0.1) is 11.1 Å². The van der Waals surface area contributed by atoms with Crippen LogP contribution in [0.1, 0.15) is 24.4 Å². The summed E-state index contributed by atoms with van der Waals surface area (Å²) in [6.07, 6.45) is 3.73. The molecule has 0 radical (unpaired) electrons. The molecule has 18 heavy (non-hydrogen) atoms. The first-order valence-electron chi connectivity index (χ1n) is 5.79. The van der Waals surface area contributed by atoms with Crippen LogP contribution < -0.4 is 5.32 Å². The second-order valence-electron chi connectivity index (χ2n) is 4.03. The number of hydrogen-bond donors (Lipinski definition) is 1. The fraction of sp³-hybridized carbons (Fsp3) is 0.308. The predicted molar refractivity (Wildman–Crippen MR) is 77.9 cm³/mol. The zero-order chi connectivity index (χ0) is 13.1. The van der Waals surface area contributed by atoms with Crippen LogP contribution in [0.3, 0.4) is 0 Å². The van der Waals surface area contributed by atoms with Crippen LogP contribution >= 0.6 is 27.5 Å². The average molecular weight is 329 g/mol. The average Bonchev–Trinajstić information content (AvgIpc) is 2.76. The van der Waals surface area contributed by atoms with Gasteiger partial charge in [0.1, 0.15) is 5.82 Å². The van der Waals surface area contributed by atoms with Crippen molar-refractivity contribution >= 4 is 27.5 Å². The van der Waals surface area contributed by atoms with Gasteiger partial charge in [0.2, 0.25) is 0 Å². The third-order valence-electron chi connectivity index (χ3n) is 2.82. The Kier molecular flexibility index (Phi) is 4.43. The first kappa shape index (κ1) is 13.6. The van der Waals surface area contributed by atoms with Crippen LogP contribution in [0.4, 0.5) is 0 Å². The molecule has 0 amide bonds. The SMILES string of the molecule is CCNC(c1cccc(Br)c1Cl)c1nccn1C. The van der Waals surface area contributed by atoms with Crippen molar-refractivity contribution < 1.29 is 0 Å². The van der Waals surface area contributed by atoms with E-state index in [0.29, 0.717) is 0 Å². The standard InChI is InChI=1S/C13H15BrClN3/c1-3-16-12(13-17-7-8-18(13)2)9-5-4-6-10(14)11(9)15/h4-8,12,16H,3H2,1-2H3. The Morgan fingerprint density at radius 2 is 2.28 bits per heavy atom. The number of aromatic nitrogens is 2. The van der Waals surface area contributed by atoms with Crippen LogP contribution in [0, 0.1) is 0 Å². The van der Waals surface area contributed by atoms with Crippen LogP contribution in [0.5, 0.6) is 0 Å². The molecule has 3 nitrogen and oxygen atoms in total. The molecule has 0 aliphatic heterocycles. The van der Waals surface area contributed by atoms with Crippen molar-refractivity contribution in [2.75, 3.05) is 6.54 Å². The molecule has 1 heterocycles. The Hall–Kier alpha value is -0.840. The number of aryl methyl sites for hydroxylation is 1. The van der Waals surface area contributed by atoms with Gasteiger partial charge in [-0.25, -0.2) is 4.98 Å². The lowest BCUT2D eigenvalue weighted by atomic mass is 10.1. The zero-order valence-corrected chi connectivity index (χ0v) is 12.7. The Labute approximate surface area is 120 Å². The van der Waals surface area contributed by atoms with Crippen LogP contribution in [0.15, 0.2) is 35.1 Å². The van der Waals surface area contributed by atoms with E-state index in [9.17, 15) is 0 Å². The number of nitrogens with one attached hydrogen (secondary N) is 1. The molecule has 96 valence electrons. The van der Waals surface area contributed by atoms with E-state index < -0.39 is 0 Å². The van der Waals surface area contributed by atoms with Gasteiger partial charge >= 0.3 is 0 Å². The fourth-order valence-corrected chi connectivity index (χ4v) is 2.56. The molecule has 2 aromatic rings. The van der Waals surface area contributed by atoms with Crippen LogP contribution in [-0.2, 0) is 7.05 Å². The Balaban J connectivity index is 2.48. The maximum absolute atomic E-state index is 6.37. The lowest BCUT2D eigenvalue weighted by molar-refractivity contribution is 0.577. The molecule has 5 heteroatoms. The van der Waals surface area contributed by atoms with Crippen molar-refractivity contribution in [3.8, 4) is 0 Å². The smallest absolute Gasteiger partial charge is 0.130 e. The summed E-state index contributed by atoms with van der Waals surface area (Å²) in [5.74, 6) is 0.955. The van der Waals surface area contributed by atoms with Gasteiger partial charge in [-0.3, -0.25) is 0 Å². The summed E-state index contributed by atoms with van der Waals surface area (Å²) >= 11 is 9.83. The number of benzene rings is 1. The van der Waals surface area contributed by atoms with Crippen molar-refractivity contribution in [1.29, 1.82) is 0 Å². The van der Waals surface area contributed by atoms with Gasteiger partial charge in [-0.1, -0.05) is 30.7 Å². The number of hydrogen-bond acceptors (Lipinski definition) is 2. The number of halogens is 2. The molecule has 1 aromatic carbocycles. The minimum atomic E-state index is -0.000000000000000444. The monoisotopic (exact) mass is 327 g/mol. The lowest BCUT2D eigenvalue weighted by Gasteiger charge is -2.19. The van der Waals surface area contributed by atoms with Crippen molar-refractivity contribution in [2.45, 2.75) is 13.0 Å². The maximum Gasteiger partial charge on any atom is 0.130 e. The molecule has 0 aliphatic rings. The Morgan fingerprint density at radius 1 is 1.50 bits per heavy atom. The topological polar surface area (TPSA) is 29.9 Å². The third-order valence-corrected chi connectivity index (χ3v) is 4.13. The lowest BCUT2D eigenvalue weighted by Crippen LogP contribution is -2.25. The van der Waals surface area contributed by atoms with Gasteiger partial charge in [-0.2, -0.15) is 0 Å². The highest BCUT2D eigenvalue weighted by Gasteiger charge is 2.20. The zero-order valence-electron chi connectivity index (χ0n) is 10.3. The van der Waals surface area contributed by atoms with E-state index in [1.807, 2.05) is 36.0 Å². The van der Waals surface area contributed by atoms with Gasteiger partial charge in [-0.15, -0.1) is 0 Å². The van der Waals surface area contributed by atoms with Crippen LogP contribution in [0.2, 0.25) is 5.02 Å². The minimum Gasteiger partial charge on any atom is -0.336 e. The summed E-state index contributed by atoms with van der Waals surface area (Å²) < 4.78 is 2.91. The van der Waals surface area contributed by atoms with E-state index >= 15 is 0 Å². The summed E-state index contributed by atoms with van der Waals surface area (Å²) in [4.78, 5) is 4.41. The summed E-state index contributed by atoms with van der Waals surface area (Å²) in [5, 5.41) is 4.15. The van der Waals surface area contributed by atoms with Gasteiger partial charge in [0, 0.05) is 23.9 Å². The molecule has 1 unspecified atom stereocenters. The van der Waals surface area contributed by atoms with E-state index in [-0.39, 0.29) is 6.04 Å². The molecule has 1 N–H and O–H groups in total. The van der Waals surface area contributed by atoms with Crippen molar-refractivity contribution in [3.05, 3.63) is 51.5 Å².